The number of carbonyl (C=O) groups excluding carboxylic acids is 1. The van der Waals surface area contributed by atoms with Crippen LogP contribution in [0.3, 0.4) is 0 Å². The minimum atomic E-state index is -4.28. The molecule has 1 aromatic heterocycles. The number of aromatic nitrogens is 2. The summed E-state index contributed by atoms with van der Waals surface area (Å²) in [5.41, 5.74) is 3.67. The van der Waals surface area contributed by atoms with Gasteiger partial charge in [-0.05, 0) is 58.2 Å². The van der Waals surface area contributed by atoms with Crippen LogP contribution in [0, 0.1) is 5.82 Å². The summed E-state index contributed by atoms with van der Waals surface area (Å²) in [6.45, 7) is 4.90. The molecule has 1 amide bonds. The number of halogens is 2. The Morgan fingerprint density at radius 3 is 2.66 bits per heavy atom. The summed E-state index contributed by atoms with van der Waals surface area (Å²) in [5, 5.41) is 0. The van der Waals surface area contributed by atoms with Crippen LogP contribution in [0.25, 0.3) is 0 Å². The molecule has 1 aromatic carbocycles. The van der Waals surface area contributed by atoms with Crippen molar-refractivity contribution in [2.75, 3.05) is 5.73 Å². The van der Waals surface area contributed by atoms with E-state index in [0.29, 0.717) is 10.9 Å². The Balaban J connectivity index is 1.99. The maximum absolute atomic E-state index is 13.9. The monoisotopic (exact) mass is 530 g/mol. The number of hydrogen-bond acceptors (Lipinski definition) is 7. The van der Waals surface area contributed by atoms with E-state index in [1.165, 1.54) is 12.1 Å². The minimum absolute atomic E-state index is 0.0847. The van der Waals surface area contributed by atoms with E-state index in [1.54, 1.807) is 32.9 Å². The van der Waals surface area contributed by atoms with Crippen LogP contribution in [0.1, 0.15) is 46.1 Å². The molecule has 174 valence electrons. The number of benzene rings is 1. The van der Waals surface area contributed by atoms with Gasteiger partial charge in [-0.1, -0.05) is 22.0 Å². The van der Waals surface area contributed by atoms with E-state index in [2.05, 4.69) is 20.9 Å². The number of nitrogen functional groups attached to an aromatic ring is 1. The predicted octanol–water partition coefficient (Wildman–Crippen LogP) is 3.45. The van der Waals surface area contributed by atoms with Gasteiger partial charge in [-0.25, -0.2) is 22.4 Å². The Bertz CT molecular complexity index is 1200. The number of hydrogen-bond donors (Lipinski definition) is 1. The Morgan fingerprint density at radius 1 is 1.34 bits per heavy atom. The number of rotatable bonds is 4. The molecule has 2 aromatic rings. The highest BCUT2D eigenvalue weighted by atomic mass is 79.9. The molecule has 1 heterocycles. The first-order valence-corrected chi connectivity index (χ1v) is 12.1. The SMILES string of the molecule is CC(C)(C)OC(=O)N([C@H]1CC[C@H](n2cc(F)c(N)nc2=O)C1)S(=O)(=O)c1cccc(Br)c1. The first-order chi connectivity index (χ1) is 14.8. The fourth-order valence-electron chi connectivity index (χ4n) is 3.61. The molecule has 0 aliphatic heterocycles. The molecule has 0 radical (unpaired) electrons. The second-order valence-corrected chi connectivity index (χ2v) is 11.3. The maximum atomic E-state index is 13.9. The molecule has 3 rings (SSSR count). The summed E-state index contributed by atoms with van der Waals surface area (Å²) in [6, 6.07) is 4.63. The molecule has 0 unspecified atom stereocenters. The van der Waals surface area contributed by atoms with Crippen molar-refractivity contribution < 1.29 is 22.3 Å². The van der Waals surface area contributed by atoms with E-state index in [4.69, 9.17) is 10.5 Å². The van der Waals surface area contributed by atoms with Crippen molar-refractivity contribution >= 4 is 37.9 Å². The van der Waals surface area contributed by atoms with Gasteiger partial charge in [-0.2, -0.15) is 9.29 Å². The smallest absolute Gasteiger partial charge is 0.424 e. The van der Waals surface area contributed by atoms with Crippen molar-refractivity contribution in [2.24, 2.45) is 0 Å². The number of ether oxygens (including phenoxy) is 1. The fraction of sp³-hybridized carbons (Fsp3) is 0.450. The number of amides is 1. The van der Waals surface area contributed by atoms with Crippen LogP contribution in [0.15, 0.2) is 44.6 Å². The Kier molecular flexibility index (Phi) is 6.66. The lowest BCUT2D eigenvalue weighted by Crippen LogP contribution is -2.46. The van der Waals surface area contributed by atoms with Crippen LogP contribution in [0.4, 0.5) is 15.0 Å². The Labute approximate surface area is 193 Å². The summed E-state index contributed by atoms with van der Waals surface area (Å²) < 4.78 is 48.5. The second-order valence-electron chi connectivity index (χ2n) is 8.52. The van der Waals surface area contributed by atoms with Crippen LogP contribution in [0.2, 0.25) is 0 Å². The van der Waals surface area contributed by atoms with Gasteiger partial charge in [0, 0.05) is 16.7 Å². The van der Waals surface area contributed by atoms with E-state index in [9.17, 15) is 22.4 Å². The van der Waals surface area contributed by atoms with Crippen LogP contribution in [-0.4, -0.2) is 40.0 Å². The van der Waals surface area contributed by atoms with Gasteiger partial charge in [-0.15, -0.1) is 0 Å². The summed E-state index contributed by atoms with van der Waals surface area (Å²) in [6.07, 6.45) is 0.630. The van der Waals surface area contributed by atoms with E-state index < -0.39 is 51.1 Å². The second kappa shape index (κ2) is 8.81. The number of carbonyl (C=O) groups is 1. The first kappa shape index (κ1) is 24.2. The van der Waals surface area contributed by atoms with E-state index in [1.807, 2.05) is 0 Å². The van der Waals surface area contributed by atoms with Crippen LogP contribution in [0.5, 0.6) is 0 Å². The highest BCUT2D eigenvalue weighted by Crippen LogP contribution is 2.36. The average molecular weight is 531 g/mol. The molecule has 0 spiro atoms. The predicted molar refractivity (Wildman–Crippen MR) is 119 cm³/mol. The van der Waals surface area contributed by atoms with Gasteiger partial charge in [0.15, 0.2) is 11.6 Å². The van der Waals surface area contributed by atoms with Crippen molar-refractivity contribution in [1.29, 1.82) is 0 Å². The summed E-state index contributed by atoms with van der Waals surface area (Å²) >= 11 is 3.24. The first-order valence-electron chi connectivity index (χ1n) is 9.87. The Hall–Kier alpha value is -2.47. The maximum Gasteiger partial charge on any atom is 0.424 e. The lowest BCUT2D eigenvalue weighted by molar-refractivity contribution is 0.0339. The zero-order chi connectivity index (χ0) is 23.8. The van der Waals surface area contributed by atoms with Gasteiger partial charge in [0.2, 0.25) is 0 Å². The van der Waals surface area contributed by atoms with Gasteiger partial charge >= 0.3 is 11.8 Å². The van der Waals surface area contributed by atoms with Crippen molar-refractivity contribution in [3.63, 3.8) is 0 Å². The highest BCUT2D eigenvalue weighted by molar-refractivity contribution is 9.10. The van der Waals surface area contributed by atoms with Crippen molar-refractivity contribution in [3.8, 4) is 0 Å². The quantitative estimate of drug-likeness (QED) is 0.641. The highest BCUT2D eigenvalue weighted by Gasteiger charge is 2.42. The van der Waals surface area contributed by atoms with Gasteiger partial charge < -0.3 is 10.5 Å². The molecule has 0 saturated heterocycles. The number of anilines is 1. The third-order valence-corrected chi connectivity index (χ3v) is 7.27. The van der Waals surface area contributed by atoms with Crippen molar-refractivity contribution in [1.82, 2.24) is 13.9 Å². The zero-order valence-electron chi connectivity index (χ0n) is 17.8. The molecular formula is C20H24BrFN4O5S. The molecule has 0 bridgehead atoms. The molecule has 32 heavy (non-hydrogen) atoms. The van der Waals surface area contributed by atoms with E-state index in [0.717, 1.165) is 15.1 Å². The van der Waals surface area contributed by atoms with Crippen LogP contribution >= 0.6 is 15.9 Å². The number of nitrogens with zero attached hydrogens (tertiary/aromatic N) is 3. The summed E-state index contributed by atoms with van der Waals surface area (Å²) in [7, 11) is -4.28. The fourth-order valence-corrected chi connectivity index (χ4v) is 5.73. The average Bonchev–Trinajstić information content (AvgIpc) is 3.12. The molecule has 9 nitrogen and oxygen atoms in total. The lowest BCUT2D eigenvalue weighted by atomic mass is 10.2. The molecule has 1 saturated carbocycles. The zero-order valence-corrected chi connectivity index (χ0v) is 20.2. The minimum Gasteiger partial charge on any atom is -0.443 e. The summed E-state index contributed by atoms with van der Waals surface area (Å²) in [4.78, 5) is 28.6. The van der Waals surface area contributed by atoms with Crippen molar-refractivity contribution in [2.45, 2.75) is 62.6 Å². The van der Waals surface area contributed by atoms with Gasteiger partial charge in [0.1, 0.15) is 5.60 Å². The third kappa shape index (κ3) is 5.12. The van der Waals surface area contributed by atoms with Crippen molar-refractivity contribution in [3.05, 3.63) is 51.2 Å². The standard InChI is InChI=1S/C20H24BrFN4O5S/c1-20(2,3)31-19(28)26(32(29,30)15-6-4-5-12(21)9-15)14-8-7-13(10-14)25-11-16(22)17(23)24-18(25)27/h4-6,9,11,13-14H,7-8,10H2,1-3H3,(H2,23,24,27)/t13-,14-/m0/s1. The molecule has 12 heteroatoms. The molecule has 1 aliphatic rings. The largest absolute Gasteiger partial charge is 0.443 e. The normalized spacial score (nSPS) is 19.0. The lowest BCUT2D eigenvalue weighted by Gasteiger charge is -2.31. The van der Waals surface area contributed by atoms with Gasteiger partial charge in [0.05, 0.1) is 10.9 Å². The molecule has 1 aliphatic carbocycles. The molecule has 1 fully saturated rings. The van der Waals surface area contributed by atoms with E-state index in [-0.39, 0.29) is 17.7 Å². The van der Waals surface area contributed by atoms with Crippen LogP contribution < -0.4 is 11.4 Å². The van der Waals surface area contributed by atoms with Gasteiger partial charge in [0.25, 0.3) is 10.0 Å². The number of sulfonamides is 1. The summed E-state index contributed by atoms with van der Waals surface area (Å²) in [5.74, 6) is -1.35. The molecule has 2 atom stereocenters. The van der Waals surface area contributed by atoms with E-state index >= 15 is 0 Å². The molecular weight excluding hydrogens is 507 g/mol. The van der Waals surface area contributed by atoms with Gasteiger partial charge in [-0.3, -0.25) is 4.57 Å². The topological polar surface area (TPSA) is 125 Å². The number of nitrogens with two attached hydrogens (primary N) is 1. The Morgan fingerprint density at radius 2 is 2.03 bits per heavy atom. The third-order valence-electron chi connectivity index (χ3n) is 4.96. The molecule has 2 N–H and O–H groups in total. The van der Waals surface area contributed by atoms with Crippen LogP contribution in [-0.2, 0) is 14.8 Å².